The number of anilines is 1. The third-order valence-electron chi connectivity index (χ3n) is 3.96. The molecule has 2 aromatic heterocycles. The molecule has 0 aromatic carbocycles. The Morgan fingerprint density at radius 2 is 1.90 bits per heavy atom. The van der Waals surface area contributed by atoms with Crippen LogP contribution in [0.4, 0.5) is 5.82 Å². The second-order valence-electron chi connectivity index (χ2n) is 6.23. The highest BCUT2D eigenvalue weighted by atomic mass is 31.3. The molecule has 31 heavy (non-hydrogen) atoms. The van der Waals surface area contributed by atoms with Crippen LogP contribution in [-0.4, -0.2) is 58.0 Å². The highest BCUT2D eigenvalue weighted by molar-refractivity contribution is 7.66. The molecule has 5 unspecified atom stereocenters. The molecule has 174 valence electrons. The largest absolute Gasteiger partial charge is 0.490 e. The summed E-state index contributed by atoms with van der Waals surface area (Å²) in [5, 5.41) is 10.6. The van der Waals surface area contributed by atoms with Gasteiger partial charge in [0.15, 0.2) is 5.65 Å². The van der Waals surface area contributed by atoms with Gasteiger partial charge in [0.05, 0.1) is 18.1 Å². The number of rotatable bonds is 8. The van der Waals surface area contributed by atoms with E-state index < -0.39 is 54.2 Å². The fourth-order valence-corrected chi connectivity index (χ4v) is 5.84. The lowest BCUT2D eigenvalue weighted by Gasteiger charge is -2.19. The smallest absolute Gasteiger partial charge is 0.390 e. The molecule has 17 nitrogen and oxygen atoms in total. The molecule has 5 atom stereocenters. The highest BCUT2D eigenvalue weighted by Gasteiger charge is 2.43. The van der Waals surface area contributed by atoms with Gasteiger partial charge in [-0.25, -0.2) is 18.5 Å². The van der Waals surface area contributed by atoms with Crippen LogP contribution in [0.1, 0.15) is 12.6 Å². The van der Waals surface area contributed by atoms with E-state index >= 15 is 0 Å². The van der Waals surface area contributed by atoms with E-state index in [2.05, 4.69) is 23.1 Å². The normalized spacial score (nSPS) is 26.0. The summed E-state index contributed by atoms with van der Waals surface area (Å²) >= 11 is 0. The molecule has 20 heteroatoms. The standard InChI is InChI=1S/C11H17N4O13P3/c12-9-5-1-2-15(10(5)14-11(17)13-9)8-3-6(16)7(26-8)4-25-30(21,22)28-31(23,24)27-29(18,19)20/h1-2,6-8,16H,3-4H2,(H,21,22)(H,23,24)(H2,18,19,20)(H3,12,13,14,17). The van der Waals surface area contributed by atoms with Gasteiger partial charge in [0.2, 0.25) is 0 Å². The third-order valence-corrected chi connectivity index (χ3v) is 7.76. The third kappa shape index (κ3) is 6.08. The molecule has 1 saturated heterocycles. The lowest BCUT2D eigenvalue weighted by atomic mass is 10.2. The lowest BCUT2D eigenvalue weighted by Crippen LogP contribution is -2.26. The van der Waals surface area contributed by atoms with E-state index in [-0.39, 0.29) is 17.9 Å². The van der Waals surface area contributed by atoms with Crippen LogP contribution >= 0.6 is 23.5 Å². The van der Waals surface area contributed by atoms with Crippen LogP contribution in [0.5, 0.6) is 0 Å². The summed E-state index contributed by atoms with van der Waals surface area (Å²) in [6.45, 7) is -0.823. The number of ether oxygens (including phenoxy) is 1. The van der Waals surface area contributed by atoms with E-state index in [9.17, 15) is 28.5 Å². The maximum atomic E-state index is 11.8. The molecular formula is C11H17N4O13P3. The van der Waals surface area contributed by atoms with E-state index in [0.717, 1.165) is 0 Å². The molecule has 0 spiro atoms. The van der Waals surface area contributed by atoms with E-state index in [1.54, 1.807) is 6.07 Å². The second kappa shape index (κ2) is 8.48. The Bertz CT molecular complexity index is 1170. The molecule has 1 aliphatic rings. The van der Waals surface area contributed by atoms with Gasteiger partial charge in [-0.2, -0.15) is 13.6 Å². The van der Waals surface area contributed by atoms with Crippen molar-refractivity contribution in [1.29, 1.82) is 0 Å². The van der Waals surface area contributed by atoms with Crippen LogP contribution in [0.25, 0.3) is 11.0 Å². The zero-order valence-electron chi connectivity index (χ0n) is 15.1. The number of aromatic amines is 1. The van der Waals surface area contributed by atoms with Crippen LogP contribution < -0.4 is 11.4 Å². The highest BCUT2D eigenvalue weighted by Crippen LogP contribution is 2.66. The quantitative estimate of drug-likeness (QED) is 0.218. The number of aromatic nitrogens is 3. The molecule has 0 radical (unpaired) electrons. The van der Waals surface area contributed by atoms with Crippen molar-refractivity contribution in [3.05, 3.63) is 22.7 Å². The van der Waals surface area contributed by atoms with Crippen LogP contribution in [0, 0.1) is 0 Å². The number of phosphoric ester groups is 1. The summed E-state index contributed by atoms with van der Waals surface area (Å²) in [5.74, 6) is 0.0662. The molecule has 1 fully saturated rings. The molecular weight excluding hydrogens is 489 g/mol. The predicted octanol–water partition coefficient (Wildman–Crippen LogP) is -0.702. The Balaban J connectivity index is 1.67. The Morgan fingerprint density at radius 3 is 2.55 bits per heavy atom. The van der Waals surface area contributed by atoms with Crippen LogP contribution in [0.3, 0.4) is 0 Å². The molecule has 1 aliphatic heterocycles. The molecule has 3 heterocycles. The van der Waals surface area contributed by atoms with Gasteiger partial charge < -0.3 is 39.7 Å². The average Bonchev–Trinajstić information content (AvgIpc) is 3.13. The second-order valence-corrected chi connectivity index (χ2v) is 10.7. The maximum Gasteiger partial charge on any atom is 0.490 e. The topological polar surface area (TPSA) is 266 Å². The van der Waals surface area contributed by atoms with Gasteiger partial charge in [0.1, 0.15) is 18.1 Å². The van der Waals surface area contributed by atoms with E-state index in [0.29, 0.717) is 5.39 Å². The van der Waals surface area contributed by atoms with E-state index in [4.69, 9.17) is 25.2 Å². The summed E-state index contributed by atoms with van der Waals surface area (Å²) in [6, 6.07) is 1.54. The number of aliphatic hydroxyl groups excluding tert-OH is 1. The number of phosphoric acid groups is 3. The average molecular weight is 506 g/mol. The zero-order valence-corrected chi connectivity index (χ0v) is 17.8. The first-order valence-electron chi connectivity index (χ1n) is 8.14. The number of nitrogens with zero attached hydrogens (tertiary/aromatic N) is 2. The lowest BCUT2D eigenvalue weighted by molar-refractivity contribution is -0.0421. The van der Waals surface area contributed by atoms with Crippen molar-refractivity contribution in [3.8, 4) is 0 Å². The predicted molar refractivity (Wildman–Crippen MR) is 99.1 cm³/mol. The minimum atomic E-state index is -5.66. The van der Waals surface area contributed by atoms with Crippen LogP contribution in [-0.2, 0) is 31.6 Å². The number of nitrogens with two attached hydrogens (primary N) is 1. The first kappa shape index (κ1) is 24.2. The Labute approximate surface area is 171 Å². The van der Waals surface area contributed by atoms with Gasteiger partial charge >= 0.3 is 29.2 Å². The van der Waals surface area contributed by atoms with Crippen molar-refractivity contribution >= 4 is 40.3 Å². The molecule has 3 rings (SSSR count). The zero-order chi connectivity index (χ0) is 23.2. The maximum absolute atomic E-state index is 11.8. The number of nitrogens with one attached hydrogen (secondary N) is 1. The number of fused-ring (bicyclic) bond motifs is 1. The van der Waals surface area contributed by atoms with Gasteiger partial charge in [-0.15, -0.1) is 0 Å². The Morgan fingerprint density at radius 1 is 1.23 bits per heavy atom. The molecule has 0 bridgehead atoms. The SMILES string of the molecule is Nc1[nH]c(=O)nc2c1ccn2C1CC(O)C(COP(=O)(O)OP(=O)(O)OP(=O)(O)O)O1. The van der Waals surface area contributed by atoms with Gasteiger partial charge in [-0.3, -0.25) is 9.51 Å². The first-order valence-corrected chi connectivity index (χ1v) is 12.7. The fraction of sp³-hybridized carbons (Fsp3) is 0.455. The fourth-order valence-electron chi connectivity index (χ4n) is 2.81. The van der Waals surface area contributed by atoms with Crippen molar-refractivity contribution in [2.75, 3.05) is 12.3 Å². The van der Waals surface area contributed by atoms with Crippen molar-refractivity contribution in [1.82, 2.24) is 14.5 Å². The minimum Gasteiger partial charge on any atom is -0.390 e. The molecule has 8 N–H and O–H groups in total. The van der Waals surface area contributed by atoms with Gasteiger partial charge in [-0.05, 0) is 6.07 Å². The summed E-state index contributed by atoms with van der Waals surface area (Å²) < 4.78 is 52.3. The van der Waals surface area contributed by atoms with Gasteiger partial charge in [-0.1, -0.05) is 0 Å². The van der Waals surface area contributed by atoms with Crippen molar-refractivity contribution in [2.45, 2.75) is 24.9 Å². The van der Waals surface area contributed by atoms with Crippen molar-refractivity contribution < 1.29 is 56.3 Å². The number of hydrogen-bond donors (Lipinski definition) is 7. The minimum absolute atomic E-state index is 0.0530. The first-order chi connectivity index (χ1) is 14.2. The summed E-state index contributed by atoms with van der Waals surface area (Å²) in [6.07, 6.45) is -1.91. The Hall–Kier alpha value is -1.45. The monoisotopic (exact) mass is 506 g/mol. The number of H-pyrrole nitrogens is 1. The number of hydrogen-bond acceptors (Lipinski definition) is 11. The molecule has 0 saturated carbocycles. The van der Waals surface area contributed by atoms with Crippen LogP contribution in [0.15, 0.2) is 17.1 Å². The van der Waals surface area contributed by atoms with E-state index in [1.807, 2.05) is 0 Å². The van der Waals surface area contributed by atoms with Crippen molar-refractivity contribution in [2.24, 2.45) is 0 Å². The van der Waals surface area contributed by atoms with Gasteiger partial charge in [0, 0.05) is 12.6 Å². The summed E-state index contributed by atoms with van der Waals surface area (Å²) in [4.78, 5) is 53.3. The molecule has 0 amide bonds. The van der Waals surface area contributed by atoms with E-state index in [1.165, 1.54) is 10.8 Å². The summed E-state index contributed by atoms with van der Waals surface area (Å²) in [7, 11) is -16.5. The number of aliphatic hydroxyl groups is 1. The molecule has 2 aromatic rings. The number of nitrogen functional groups attached to an aromatic ring is 1. The van der Waals surface area contributed by atoms with Gasteiger partial charge in [0.25, 0.3) is 0 Å². The summed E-state index contributed by atoms with van der Waals surface area (Å²) in [5.41, 5.74) is 5.16. The van der Waals surface area contributed by atoms with Crippen molar-refractivity contribution in [3.63, 3.8) is 0 Å². The Kier molecular flexibility index (Phi) is 6.62. The molecule has 0 aliphatic carbocycles. The van der Waals surface area contributed by atoms with Crippen LogP contribution in [0.2, 0.25) is 0 Å².